The largest absolute Gasteiger partial charge is 0.507 e. The van der Waals surface area contributed by atoms with Crippen LogP contribution < -0.4 is 4.74 Å². The molecule has 118 valence electrons. The van der Waals surface area contributed by atoms with Crippen molar-refractivity contribution in [3.63, 3.8) is 0 Å². The lowest BCUT2D eigenvalue weighted by molar-refractivity contribution is -0.149. The second-order valence-electron chi connectivity index (χ2n) is 5.16. The molecule has 0 saturated carbocycles. The minimum absolute atomic E-state index is 0.145. The van der Waals surface area contributed by atoms with Gasteiger partial charge in [-0.1, -0.05) is 6.07 Å². The maximum Gasteiger partial charge on any atom is 0.401 e. The molecule has 1 N–H and O–H groups in total. The fraction of sp³-hybridized carbons (Fsp3) is 0.571. The number of piperazine rings is 1. The highest BCUT2D eigenvalue weighted by molar-refractivity contribution is 5.39. The SMILES string of the molecule is COc1ccc(CN2CCN(CC(F)(F)F)CC2)c(O)c1. The third kappa shape index (κ3) is 4.78. The second-order valence-corrected chi connectivity index (χ2v) is 5.16. The van der Waals surface area contributed by atoms with Crippen LogP contribution in [-0.2, 0) is 6.54 Å². The Kier molecular flexibility index (Phi) is 4.95. The molecule has 0 radical (unpaired) electrons. The summed E-state index contributed by atoms with van der Waals surface area (Å²) in [5.41, 5.74) is 0.750. The predicted molar refractivity (Wildman–Crippen MR) is 72.4 cm³/mol. The van der Waals surface area contributed by atoms with E-state index in [-0.39, 0.29) is 5.75 Å². The van der Waals surface area contributed by atoms with Crippen LogP contribution in [0.1, 0.15) is 5.56 Å². The number of alkyl halides is 3. The number of aromatic hydroxyl groups is 1. The van der Waals surface area contributed by atoms with Crippen molar-refractivity contribution in [2.45, 2.75) is 12.7 Å². The van der Waals surface area contributed by atoms with Gasteiger partial charge in [-0.2, -0.15) is 13.2 Å². The van der Waals surface area contributed by atoms with Gasteiger partial charge in [0, 0.05) is 44.4 Å². The Hall–Kier alpha value is -1.47. The molecule has 1 heterocycles. The standard InChI is InChI=1S/C14H19F3N2O2/c1-21-12-3-2-11(13(20)8-12)9-18-4-6-19(7-5-18)10-14(15,16)17/h2-3,8,20H,4-7,9-10H2,1H3. The number of rotatable bonds is 4. The first-order valence-corrected chi connectivity index (χ1v) is 6.75. The highest BCUT2D eigenvalue weighted by Gasteiger charge is 2.32. The van der Waals surface area contributed by atoms with E-state index in [4.69, 9.17) is 4.74 Å². The molecular weight excluding hydrogens is 285 g/mol. The summed E-state index contributed by atoms with van der Waals surface area (Å²) in [5, 5.41) is 9.89. The molecular formula is C14H19F3N2O2. The van der Waals surface area contributed by atoms with E-state index in [2.05, 4.69) is 0 Å². The Morgan fingerprint density at radius 3 is 2.29 bits per heavy atom. The Balaban J connectivity index is 1.86. The summed E-state index contributed by atoms with van der Waals surface area (Å²) < 4.78 is 41.9. The molecule has 0 amide bonds. The van der Waals surface area contributed by atoms with Gasteiger partial charge in [-0.15, -0.1) is 0 Å². The fourth-order valence-corrected chi connectivity index (χ4v) is 2.40. The number of ether oxygens (including phenoxy) is 1. The average molecular weight is 304 g/mol. The van der Waals surface area contributed by atoms with Crippen LogP contribution in [0.15, 0.2) is 18.2 Å². The van der Waals surface area contributed by atoms with Crippen molar-refractivity contribution >= 4 is 0 Å². The lowest BCUT2D eigenvalue weighted by Crippen LogP contribution is -2.48. The summed E-state index contributed by atoms with van der Waals surface area (Å²) in [6, 6.07) is 5.07. The average Bonchev–Trinajstić information content (AvgIpc) is 2.41. The second kappa shape index (κ2) is 6.53. The molecule has 1 aliphatic rings. The summed E-state index contributed by atoms with van der Waals surface area (Å²) >= 11 is 0. The maximum atomic E-state index is 12.3. The van der Waals surface area contributed by atoms with Crippen LogP contribution in [0, 0.1) is 0 Å². The molecule has 1 fully saturated rings. The number of benzene rings is 1. The van der Waals surface area contributed by atoms with Crippen molar-refractivity contribution in [2.24, 2.45) is 0 Å². The van der Waals surface area contributed by atoms with E-state index < -0.39 is 12.7 Å². The first kappa shape index (κ1) is 15.9. The van der Waals surface area contributed by atoms with Crippen LogP contribution in [0.4, 0.5) is 13.2 Å². The molecule has 0 atom stereocenters. The van der Waals surface area contributed by atoms with Crippen LogP contribution in [0.25, 0.3) is 0 Å². The van der Waals surface area contributed by atoms with Gasteiger partial charge in [0.1, 0.15) is 11.5 Å². The smallest absolute Gasteiger partial charge is 0.401 e. The molecule has 0 aromatic heterocycles. The summed E-state index contributed by atoms with van der Waals surface area (Å²) in [6.07, 6.45) is -4.14. The molecule has 2 rings (SSSR count). The molecule has 0 spiro atoms. The van der Waals surface area contributed by atoms with Crippen LogP contribution >= 0.6 is 0 Å². The molecule has 0 bridgehead atoms. The van der Waals surface area contributed by atoms with Gasteiger partial charge in [-0.05, 0) is 6.07 Å². The number of halogens is 3. The van der Waals surface area contributed by atoms with Crippen molar-refractivity contribution in [1.29, 1.82) is 0 Å². The van der Waals surface area contributed by atoms with Gasteiger partial charge in [0.15, 0.2) is 0 Å². The summed E-state index contributed by atoms with van der Waals surface area (Å²) in [7, 11) is 1.52. The van der Waals surface area contributed by atoms with Gasteiger partial charge in [0.25, 0.3) is 0 Å². The van der Waals surface area contributed by atoms with Gasteiger partial charge >= 0.3 is 6.18 Å². The quantitative estimate of drug-likeness (QED) is 0.924. The first-order valence-electron chi connectivity index (χ1n) is 6.75. The van der Waals surface area contributed by atoms with Crippen LogP contribution in [-0.4, -0.2) is 60.9 Å². The van der Waals surface area contributed by atoms with Crippen molar-refractivity contribution in [3.8, 4) is 11.5 Å². The summed E-state index contributed by atoms with van der Waals surface area (Å²) in [4.78, 5) is 3.44. The number of phenolic OH excluding ortho intramolecular Hbond substituents is 1. The van der Waals surface area contributed by atoms with Gasteiger partial charge in [-0.25, -0.2) is 0 Å². The van der Waals surface area contributed by atoms with E-state index >= 15 is 0 Å². The zero-order valence-electron chi connectivity index (χ0n) is 11.9. The lowest BCUT2D eigenvalue weighted by Gasteiger charge is -2.35. The number of phenols is 1. The fourth-order valence-electron chi connectivity index (χ4n) is 2.40. The third-order valence-electron chi connectivity index (χ3n) is 3.55. The molecule has 0 unspecified atom stereocenters. The number of methoxy groups -OCH3 is 1. The molecule has 1 aromatic carbocycles. The minimum atomic E-state index is -4.14. The molecule has 4 nitrogen and oxygen atoms in total. The monoisotopic (exact) mass is 304 g/mol. The highest BCUT2D eigenvalue weighted by atomic mass is 19.4. The zero-order valence-corrected chi connectivity index (χ0v) is 11.9. The predicted octanol–water partition coefficient (Wildman–Crippen LogP) is 2.08. The van der Waals surface area contributed by atoms with E-state index in [1.54, 1.807) is 12.1 Å². The van der Waals surface area contributed by atoms with Crippen LogP contribution in [0.5, 0.6) is 11.5 Å². The molecule has 1 saturated heterocycles. The highest BCUT2D eigenvalue weighted by Crippen LogP contribution is 2.25. The molecule has 21 heavy (non-hydrogen) atoms. The summed E-state index contributed by atoms with van der Waals surface area (Å²) in [6.45, 7) is 1.56. The third-order valence-corrected chi connectivity index (χ3v) is 3.55. The van der Waals surface area contributed by atoms with E-state index in [9.17, 15) is 18.3 Å². The van der Waals surface area contributed by atoms with Gasteiger partial charge in [0.05, 0.1) is 13.7 Å². The molecule has 7 heteroatoms. The van der Waals surface area contributed by atoms with Crippen molar-refractivity contribution in [1.82, 2.24) is 9.80 Å². The number of nitrogens with zero attached hydrogens (tertiary/aromatic N) is 2. The Morgan fingerprint density at radius 2 is 1.76 bits per heavy atom. The molecule has 1 aliphatic heterocycles. The number of hydrogen-bond donors (Lipinski definition) is 1. The minimum Gasteiger partial charge on any atom is -0.507 e. The van der Waals surface area contributed by atoms with Gasteiger partial charge < -0.3 is 9.84 Å². The lowest BCUT2D eigenvalue weighted by atomic mass is 10.1. The van der Waals surface area contributed by atoms with Gasteiger partial charge in [-0.3, -0.25) is 9.80 Å². The van der Waals surface area contributed by atoms with E-state index in [1.165, 1.54) is 18.1 Å². The number of hydrogen-bond acceptors (Lipinski definition) is 4. The molecule has 0 aliphatic carbocycles. The Bertz CT molecular complexity index is 472. The van der Waals surface area contributed by atoms with Crippen LogP contribution in [0.3, 0.4) is 0 Å². The summed E-state index contributed by atoms with van der Waals surface area (Å²) in [5.74, 6) is 0.721. The van der Waals surface area contributed by atoms with E-state index in [1.807, 2.05) is 4.90 Å². The maximum absolute atomic E-state index is 12.3. The van der Waals surface area contributed by atoms with Crippen molar-refractivity contribution in [2.75, 3.05) is 39.8 Å². The van der Waals surface area contributed by atoms with E-state index in [0.29, 0.717) is 38.5 Å². The molecule has 1 aromatic rings. The zero-order chi connectivity index (χ0) is 15.5. The Morgan fingerprint density at radius 1 is 1.14 bits per heavy atom. The van der Waals surface area contributed by atoms with Gasteiger partial charge in [0.2, 0.25) is 0 Å². The Labute approximate surface area is 121 Å². The first-order chi connectivity index (χ1) is 9.87. The normalized spacial score (nSPS) is 17.9. The van der Waals surface area contributed by atoms with Crippen LogP contribution in [0.2, 0.25) is 0 Å². The van der Waals surface area contributed by atoms with E-state index in [0.717, 1.165) is 5.56 Å². The van der Waals surface area contributed by atoms with Crippen molar-refractivity contribution in [3.05, 3.63) is 23.8 Å². The van der Waals surface area contributed by atoms with Crippen molar-refractivity contribution < 1.29 is 23.0 Å². The topological polar surface area (TPSA) is 35.9 Å².